The van der Waals surface area contributed by atoms with Gasteiger partial charge in [-0.25, -0.2) is 13.4 Å². The zero-order valence-corrected chi connectivity index (χ0v) is 24.0. The van der Waals surface area contributed by atoms with Gasteiger partial charge in [0, 0.05) is 30.9 Å². The van der Waals surface area contributed by atoms with Crippen LogP contribution in [0, 0.1) is 0 Å². The number of halogens is 1. The van der Waals surface area contributed by atoms with Crippen LogP contribution in [0.4, 0.5) is 28.8 Å². The molecule has 0 unspecified atom stereocenters. The van der Waals surface area contributed by atoms with Crippen molar-refractivity contribution in [3.63, 3.8) is 0 Å². The summed E-state index contributed by atoms with van der Waals surface area (Å²) in [6.45, 7) is 7.71. The summed E-state index contributed by atoms with van der Waals surface area (Å²) in [6.07, 6.45) is 2.59. The molecule has 4 rings (SSSR count). The van der Waals surface area contributed by atoms with Gasteiger partial charge in [0.15, 0.2) is 15.7 Å². The monoisotopic (exact) mass is 558 g/mol. The van der Waals surface area contributed by atoms with Crippen molar-refractivity contribution >= 4 is 50.3 Å². The molecule has 2 heterocycles. The Bertz CT molecular complexity index is 1380. The van der Waals surface area contributed by atoms with E-state index in [9.17, 15) is 8.42 Å². The van der Waals surface area contributed by atoms with Gasteiger partial charge in [-0.15, -0.1) is 0 Å². The Morgan fingerprint density at radius 1 is 1.16 bits per heavy atom. The molecule has 2 N–H and O–H groups in total. The lowest BCUT2D eigenvalue weighted by atomic mass is 10.2. The fraction of sp³-hybridized carbons (Fsp3) is 0.407. The summed E-state index contributed by atoms with van der Waals surface area (Å²) in [5, 5.41) is 6.00. The van der Waals surface area contributed by atoms with Crippen LogP contribution in [0.2, 0.25) is 5.02 Å². The fourth-order valence-electron chi connectivity index (χ4n) is 4.32. The zero-order valence-electron chi connectivity index (χ0n) is 22.4. The van der Waals surface area contributed by atoms with Crippen molar-refractivity contribution in [2.45, 2.75) is 43.4 Å². The summed E-state index contributed by atoms with van der Waals surface area (Å²) in [7, 11) is 0.711. The number of benzene rings is 2. The second-order valence-electron chi connectivity index (χ2n) is 9.70. The van der Waals surface area contributed by atoms with Crippen molar-refractivity contribution in [3.8, 4) is 5.75 Å². The zero-order chi connectivity index (χ0) is 27.4. The van der Waals surface area contributed by atoms with Gasteiger partial charge in [-0.1, -0.05) is 23.7 Å². The van der Waals surface area contributed by atoms with E-state index in [4.69, 9.17) is 16.3 Å². The van der Waals surface area contributed by atoms with Gasteiger partial charge in [-0.3, -0.25) is 0 Å². The topological polar surface area (TPSA) is 99.7 Å². The second kappa shape index (κ2) is 11.8. The van der Waals surface area contributed by atoms with Crippen LogP contribution in [0.5, 0.6) is 5.75 Å². The van der Waals surface area contributed by atoms with Crippen LogP contribution in [0.1, 0.15) is 27.2 Å². The lowest BCUT2D eigenvalue weighted by Crippen LogP contribution is -2.31. The van der Waals surface area contributed by atoms with E-state index in [0.29, 0.717) is 30.0 Å². The van der Waals surface area contributed by atoms with Gasteiger partial charge in [-0.05, 0) is 65.6 Å². The second-order valence-corrected chi connectivity index (χ2v) is 12.6. The molecule has 0 radical (unpaired) electrons. The van der Waals surface area contributed by atoms with Crippen molar-refractivity contribution in [1.29, 1.82) is 0 Å². The number of ether oxygens (including phenoxy) is 1. The standard InChI is InChI=1S/C27H35ClN6O3S/c1-6-37-24-15-19(34-14-13-20(17-34)33(4)5)11-12-22(24)31-27-29-16-21(28)26(32-27)30-23-9-7-8-10-25(23)38(35,36)18(2)3/h7-12,15-16,18,20H,6,13-14,17H2,1-5H3,(H2,29,30,31,32)/t20-/m0/s1. The molecule has 38 heavy (non-hydrogen) atoms. The number of para-hydroxylation sites is 1. The maximum atomic E-state index is 12.9. The van der Waals surface area contributed by atoms with Gasteiger partial charge < -0.3 is 25.2 Å². The molecule has 1 fully saturated rings. The largest absolute Gasteiger partial charge is 0.492 e. The van der Waals surface area contributed by atoms with Gasteiger partial charge in [0.25, 0.3) is 0 Å². The minimum absolute atomic E-state index is 0.187. The van der Waals surface area contributed by atoms with E-state index in [1.807, 2.05) is 19.1 Å². The van der Waals surface area contributed by atoms with Crippen LogP contribution in [0.25, 0.3) is 0 Å². The quantitative estimate of drug-likeness (QED) is 0.341. The minimum atomic E-state index is -3.52. The normalized spacial score (nSPS) is 15.8. The first-order chi connectivity index (χ1) is 18.1. The van der Waals surface area contributed by atoms with Crippen LogP contribution >= 0.6 is 11.6 Å². The van der Waals surface area contributed by atoms with E-state index < -0.39 is 15.1 Å². The Morgan fingerprint density at radius 2 is 1.92 bits per heavy atom. The lowest BCUT2D eigenvalue weighted by molar-refractivity contribution is 0.315. The molecule has 0 amide bonds. The van der Waals surface area contributed by atoms with Gasteiger partial charge in [0.05, 0.1) is 34.3 Å². The highest BCUT2D eigenvalue weighted by molar-refractivity contribution is 7.92. The Kier molecular flexibility index (Phi) is 8.64. The van der Waals surface area contributed by atoms with E-state index in [2.05, 4.69) is 50.6 Å². The van der Waals surface area contributed by atoms with Gasteiger partial charge in [0.1, 0.15) is 10.8 Å². The molecule has 0 spiro atoms. The smallest absolute Gasteiger partial charge is 0.229 e. The van der Waals surface area contributed by atoms with Crippen molar-refractivity contribution in [2.75, 3.05) is 49.3 Å². The molecule has 0 bridgehead atoms. The average molecular weight is 559 g/mol. The molecule has 0 aliphatic carbocycles. The van der Waals surface area contributed by atoms with Crippen LogP contribution in [-0.2, 0) is 9.84 Å². The molecule has 9 nitrogen and oxygen atoms in total. The minimum Gasteiger partial charge on any atom is -0.492 e. The van der Waals surface area contributed by atoms with Gasteiger partial charge in [-0.2, -0.15) is 4.98 Å². The predicted octanol–water partition coefficient (Wildman–Crippen LogP) is 5.34. The van der Waals surface area contributed by atoms with Crippen LogP contribution < -0.4 is 20.3 Å². The third-order valence-corrected chi connectivity index (χ3v) is 9.07. The van der Waals surface area contributed by atoms with Crippen LogP contribution in [0.3, 0.4) is 0 Å². The van der Waals surface area contributed by atoms with Gasteiger partial charge >= 0.3 is 0 Å². The van der Waals surface area contributed by atoms with Crippen molar-refractivity contribution in [3.05, 3.63) is 53.7 Å². The third-order valence-electron chi connectivity index (χ3n) is 6.58. The molecule has 1 aliphatic heterocycles. The number of aromatic nitrogens is 2. The van der Waals surface area contributed by atoms with E-state index in [1.54, 1.807) is 38.1 Å². The molecular formula is C27H35ClN6O3S. The Labute approximate surface area is 230 Å². The number of hydrogen-bond donors (Lipinski definition) is 2. The van der Waals surface area contributed by atoms with E-state index in [1.165, 1.54) is 6.20 Å². The Balaban J connectivity index is 1.59. The molecule has 2 aromatic carbocycles. The summed E-state index contributed by atoms with van der Waals surface area (Å²) < 4.78 is 31.7. The number of anilines is 5. The van der Waals surface area contributed by atoms with E-state index >= 15 is 0 Å². The number of rotatable bonds is 10. The van der Waals surface area contributed by atoms with E-state index in [0.717, 1.165) is 30.9 Å². The number of likely N-dealkylation sites (N-methyl/N-ethyl adjacent to an activating group) is 1. The first kappa shape index (κ1) is 27.9. The summed E-state index contributed by atoms with van der Waals surface area (Å²) in [4.78, 5) is 13.7. The molecule has 3 aromatic rings. The Morgan fingerprint density at radius 3 is 2.61 bits per heavy atom. The molecule has 11 heteroatoms. The molecular weight excluding hydrogens is 524 g/mol. The van der Waals surface area contributed by atoms with Crippen molar-refractivity contribution < 1.29 is 13.2 Å². The lowest BCUT2D eigenvalue weighted by Gasteiger charge is -2.23. The molecule has 1 atom stereocenters. The average Bonchev–Trinajstić information content (AvgIpc) is 3.38. The number of nitrogens with one attached hydrogen (secondary N) is 2. The number of nitrogens with zero attached hydrogens (tertiary/aromatic N) is 4. The number of hydrogen-bond acceptors (Lipinski definition) is 9. The van der Waals surface area contributed by atoms with Crippen molar-refractivity contribution in [2.24, 2.45) is 0 Å². The highest BCUT2D eigenvalue weighted by Gasteiger charge is 2.25. The maximum Gasteiger partial charge on any atom is 0.229 e. The molecule has 1 aliphatic rings. The first-order valence-electron chi connectivity index (χ1n) is 12.7. The summed E-state index contributed by atoms with van der Waals surface area (Å²) >= 11 is 6.39. The molecule has 1 saturated heterocycles. The van der Waals surface area contributed by atoms with Crippen LogP contribution in [0.15, 0.2) is 53.6 Å². The van der Waals surface area contributed by atoms with Crippen molar-refractivity contribution in [1.82, 2.24) is 14.9 Å². The fourth-order valence-corrected chi connectivity index (χ4v) is 5.66. The highest BCUT2D eigenvalue weighted by atomic mass is 35.5. The molecule has 0 saturated carbocycles. The first-order valence-corrected chi connectivity index (χ1v) is 14.6. The summed E-state index contributed by atoms with van der Waals surface area (Å²) in [5.74, 6) is 1.28. The SMILES string of the molecule is CCOc1cc(N2CC[C@H](N(C)C)C2)ccc1Nc1ncc(Cl)c(Nc2ccccc2S(=O)(=O)C(C)C)n1. The van der Waals surface area contributed by atoms with E-state index in [-0.39, 0.29) is 15.7 Å². The summed E-state index contributed by atoms with van der Waals surface area (Å²) in [5.41, 5.74) is 2.22. The Hall–Kier alpha value is -3.08. The molecule has 204 valence electrons. The summed E-state index contributed by atoms with van der Waals surface area (Å²) in [6, 6.07) is 13.3. The highest BCUT2D eigenvalue weighted by Crippen LogP contribution is 2.35. The molecule has 1 aromatic heterocycles. The number of sulfone groups is 1. The predicted molar refractivity (Wildman–Crippen MR) is 154 cm³/mol. The third kappa shape index (κ3) is 6.14. The van der Waals surface area contributed by atoms with Gasteiger partial charge in [0.2, 0.25) is 5.95 Å². The van der Waals surface area contributed by atoms with Crippen LogP contribution in [-0.4, -0.2) is 68.4 Å². The maximum absolute atomic E-state index is 12.9.